The van der Waals surface area contributed by atoms with Crippen molar-refractivity contribution in [1.82, 2.24) is 0 Å². The van der Waals surface area contributed by atoms with E-state index in [-0.39, 0.29) is 17.5 Å². The normalized spacial score (nSPS) is 12.4. The maximum atomic E-state index is 13.5. The summed E-state index contributed by atoms with van der Waals surface area (Å²) in [5, 5.41) is 4.04. The summed E-state index contributed by atoms with van der Waals surface area (Å²) in [5.41, 5.74) is 5.27. The Labute approximate surface area is 212 Å². The molecular formula is C31H21NO3S. The number of hydrogen-bond acceptors (Lipinski definition) is 4. The van der Waals surface area contributed by atoms with E-state index in [1.807, 2.05) is 24.3 Å². The highest BCUT2D eigenvalue weighted by Crippen LogP contribution is 2.34. The minimum Gasteiger partial charge on any atom is -0.321 e. The molecule has 1 aliphatic carbocycles. The van der Waals surface area contributed by atoms with Crippen LogP contribution in [0.5, 0.6) is 0 Å². The van der Waals surface area contributed by atoms with Crippen LogP contribution in [-0.2, 0) is 6.42 Å². The van der Waals surface area contributed by atoms with Gasteiger partial charge >= 0.3 is 0 Å². The maximum Gasteiger partial charge on any atom is 0.266 e. The summed E-state index contributed by atoms with van der Waals surface area (Å²) in [6.45, 7) is 2.05. The minimum absolute atomic E-state index is 0.178. The van der Waals surface area contributed by atoms with E-state index in [1.54, 1.807) is 42.5 Å². The molecule has 1 aliphatic rings. The molecule has 174 valence electrons. The van der Waals surface area contributed by atoms with Crippen molar-refractivity contribution in [3.8, 4) is 0 Å². The minimum atomic E-state index is -0.228. The third-order valence-corrected chi connectivity index (χ3v) is 7.80. The molecule has 0 aliphatic heterocycles. The zero-order valence-electron chi connectivity index (χ0n) is 19.5. The highest BCUT2D eigenvalue weighted by Gasteiger charge is 2.29. The van der Waals surface area contributed by atoms with Gasteiger partial charge in [-0.05, 0) is 54.1 Å². The molecule has 0 saturated heterocycles. The predicted octanol–water partition coefficient (Wildman–Crippen LogP) is 6.83. The molecule has 0 bridgehead atoms. The van der Waals surface area contributed by atoms with Crippen LogP contribution in [0.3, 0.4) is 0 Å². The van der Waals surface area contributed by atoms with Crippen molar-refractivity contribution in [2.45, 2.75) is 13.3 Å². The Morgan fingerprint density at radius 2 is 1.39 bits per heavy atom. The van der Waals surface area contributed by atoms with Gasteiger partial charge in [0.15, 0.2) is 11.6 Å². The fourth-order valence-corrected chi connectivity index (χ4v) is 5.85. The summed E-state index contributed by atoms with van der Waals surface area (Å²) in [6.07, 6.45) is 0.640. The second kappa shape index (κ2) is 8.70. The predicted molar refractivity (Wildman–Crippen MR) is 144 cm³/mol. The highest BCUT2D eigenvalue weighted by atomic mass is 32.1. The number of thiophene rings is 1. The first-order valence-electron chi connectivity index (χ1n) is 11.7. The van der Waals surface area contributed by atoms with Crippen molar-refractivity contribution in [2.24, 2.45) is 0 Å². The van der Waals surface area contributed by atoms with E-state index < -0.39 is 0 Å². The number of rotatable bonds is 4. The van der Waals surface area contributed by atoms with Crippen LogP contribution < -0.4 is 5.32 Å². The number of carbonyl (C=O) groups is 3. The number of nitrogens with one attached hydrogen (secondary N) is 1. The molecular weight excluding hydrogens is 466 g/mol. The molecule has 4 aromatic carbocycles. The van der Waals surface area contributed by atoms with Crippen LogP contribution >= 0.6 is 11.3 Å². The molecule has 0 saturated carbocycles. The molecule has 1 heterocycles. The summed E-state index contributed by atoms with van der Waals surface area (Å²) in [6, 6.07) is 28.1. The van der Waals surface area contributed by atoms with Gasteiger partial charge in [-0.15, -0.1) is 11.3 Å². The van der Waals surface area contributed by atoms with Gasteiger partial charge in [0.2, 0.25) is 0 Å². The van der Waals surface area contributed by atoms with Gasteiger partial charge in [-0.1, -0.05) is 72.3 Å². The van der Waals surface area contributed by atoms with Gasteiger partial charge in [-0.3, -0.25) is 14.4 Å². The van der Waals surface area contributed by atoms with Crippen molar-refractivity contribution in [3.63, 3.8) is 0 Å². The van der Waals surface area contributed by atoms with Gasteiger partial charge in [0.25, 0.3) is 5.91 Å². The Hall–Kier alpha value is -4.35. The Kier molecular flexibility index (Phi) is 5.35. The fraction of sp³-hybridized carbons (Fsp3) is 0.0645. The van der Waals surface area contributed by atoms with Crippen LogP contribution in [-0.4, -0.2) is 17.5 Å². The number of fused-ring (bicyclic) bond motifs is 3. The van der Waals surface area contributed by atoms with E-state index in [4.69, 9.17) is 0 Å². The molecule has 5 aromatic rings. The Morgan fingerprint density at radius 3 is 2.14 bits per heavy atom. The summed E-state index contributed by atoms with van der Waals surface area (Å²) in [4.78, 5) is 40.2. The third-order valence-electron chi connectivity index (χ3n) is 6.59. The SMILES string of the molecule is Cc1ccc(Cc2c(C(=O)Nc3ccc4c(c3)C(=O)c3ccccc3C4=O)sc3ccccc23)cc1. The first kappa shape index (κ1) is 22.1. The van der Waals surface area contributed by atoms with Crippen molar-refractivity contribution in [2.75, 3.05) is 5.32 Å². The lowest BCUT2D eigenvalue weighted by atomic mass is 9.84. The van der Waals surface area contributed by atoms with Gasteiger partial charge in [0.1, 0.15) is 0 Å². The lowest BCUT2D eigenvalue weighted by Crippen LogP contribution is -2.21. The number of benzene rings is 4. The molecule has 1 aromatic heterocycles. The van der Waals surface area contributed by atoms with Gasteiger partial charge in [0, 0.05) is 32.6 Å². The summed E-state index contributed by atoms with van der Waals surface area (Å²) < 4.78 is 1.05. The van der Waals surface area contributed by atoms with Gasteiger partial charge < -0.3 is 5.32 Å². The van der Waals surface area contributed by atoms with Crippen molar-refractivity contribution in [1.29, 1.82) is 0 Å². The van der Waals surface area contributed by atoms with E-state index in [0.717, 1.165) is 21.2 Å². The number of ketones is 2. The Morgan fingerprint density at radius 1 is 0.750 bits per heavy atom. The highest BCUT2D eigenvalue weighted by molar-refractivity contribution is 7.21. The zero-order chi connectivity index (χ0) is 24.8. The first-order valence-corrected chi connectivity index (χ1v) is 12.5. The second-order valence-electron chi connectivity index (χ2n) is 8.99. The number of aryl methyl sites for hydroxylation is 1. The van der Waals surface area contributed by atoms with E-state index in [9.17, 15) is 14.4 Å². The molecule has 0 fully saturated rings. The van der Waals surface area contributed by atoms with Crippen molar-refractivity contribution < 1.29 is 14.4 Å². The zero-order valence-corrected chi connectivity index (χ0v) is 20.3. The lowest BCUT2D eigenvalue weighted by Gasteiger charge is -2.18. The van der Waals surface area contributed by atoms with Gasteiger partial charge in [-0.2, -0.15) is 0 Å². The van der Waals surface area contributed by atoms with Crippen LogP contribution in [0.25, 0.3) is 10.1 Å². The molecule has 0 spiro atoms. The molecule has 1 N–H and O–H groups in total. The molecule has 0 atom stereocenters. The number of anilines is 1. The monoisotopic (exact) mass is 487 g/mol. The van der Waals surface area contributed by atoms with Crippen LogP contribution in [0, 0.1) is 6.92 Å². The molecule has 4 nitrogen and oxygen atoms in total. The Bertz CT molecular complexity index is 1700. The van der Waals surface area contributed by atoms with E-state index in [2.05, 4.69) is 36.5 Å². The summed E-state index contributed by atoms with van der Waals surface area (Å²) in [7, 11) is 0. The lowest BCUT2D eigenvalue weighted by molar-refractivity contribution is 0.0979. The van der Waals surface area contributed by atoms with Crippen molar-refractivity contribution in [3.05, 3.63) is 135 Å². The third kappa shape index (κ3) is 3.74. The topological polar surface area (TPSA) is 63.2 Å². The van der Waals surface area contributed by atoms with Crippen molar-refractivity contribution >= 4 is 44.6 Å². The standard InChI is InChI=1S/C31H21NO3S/c1-18-10-12-19(13-11-18)16-26-21-6-4-5-9-27(21)36-30(26)31(35)32-20-14-15-24-25(17-20)29(34)23-8-3-2-7-22(23)28(24)33/h2-15,17H,16H2,1H3,(H,32,35). The Balaban J connectivity index is 1.35. The molecule has 36 heavy (non-hydrogen) atoms. The van der Waals surface area contributed by atoms with E-state index in [1.165, 1.54) is 16.9 Å². The van der Waals surface area contributed by atoms with Crippen LogP contribution in [0.2, 0.25) is 0 Å². The molecule has 0 radical (unpaired) electrons. The molecule has 5 heteroatoms. The smallest absolute Gasteiger partial charge is 0.266 e. The molecule has 0 unspecified atom stereocenters. The largest absolute Gasteiger partial charge is 0.321 e. The number of amides is 1. The van der Waals surface area contributed by atoms with Crippen LogP contribution in [0.15, 0.2) is 91.0 Å². The second-order valence-corrected chi connectivity index (χ2v) is 10.0. The average molecular weight is 488 g/mol. The van der Waals surface area contributed by atoms with Gasteiger partial charge in [-0.25, -0.2) is 0 Å². The van der Waals surface area contributed by atoms with Crippen LogP contribution in [0.4, 0.5) is 5.69 Å². The number of hydrogen-bond donors (Lipinski definition) is 1. The summed E-state index contributed by atoms with van der Waals surface area (Å²) >= 11 is 1.46. The first-order chi connectivity index (χ1) is 17.5. The maximum absolute atomic E-state index is 13.5. The average Bonchev–Trinajstić information content (AvgIpc) is 3.27. The van der Waals surface area contributed by atoms with E-state index >= 15 is 0 Å². The number of carbonyl (C=O) groups excluding carboxylic acids is 3. The summed E-state index contributed by atoms with van der Waals surface area (Å²) in [5.74, 6) is -0.616. The van der Waals surface area contributed by atoms with Gasteiger partial charge in [0.05, 0.1) is 4.88 Å². The fourth-order valence-electron chi connectivity index (χ4n) is 4.73. The van der Waals surface area contributed by atoms with Crippen LogP contribution in [0.1, 0.15) is 58.2 Å². The quantitative estimate of drug-likeness (QED) is 0.296. The van der Waals surface area contributed by atoms with E-state index in [0.29, 0.717) is 39.2 Å². The molecule has 1 amide bonds. The molecule has 6 rings (SSSR count).